The topological polar surface area (TPSA) is 73.3 Å². The molecule has 7 heteroatoms. The lowest BCUT2D eigenvalue weighted by Crippen LogP contribution is -2.47. The number of ether oxygens (including phenoxy) is 1. The zero-order valence-corrected chi connectivity index (χ0v) is 16.2. The molecule has 1 atom stereocenters. The molecule has 7 nitrogen and oxygen atoms in total. The molecule has 0 aliphatic carbocycles. The van der Waals surface area contributed by atoms with E-state index in [1.807, 2.05) is 42.5 Å². The summed E-state index contributed by atoms with van der Waals surface area (Å²) in [4.78, 5) is 28.7. The van der Waals surface area contributed by atoms with Crippen molar-refractivity contribution in [1.29, 1.82) is 0 Å². The van der Waals surface area contributed by atoms with Gasteiger partial charge in [0.2, 0.25) is 0 Å². The van der Waals surface area contributed by atoms with Crippen molar-refractivity contribution in [2.75, 3.05) is 32.7 Å². The Kier molecular flexibility index (Phi) is 5.67. The molecule has 0 bridgehead atoms. The zero-order chi connectivity index (χ0) is 20.2. The molecule has 0 radical (unpaired) electrons. The minimum absolute atomic E-state index is 0.215. The third kappa shape index (κ3) is 4.68. The summed E-state index contributed by atoms with van der Waals surface area (Å²) in [7, 11) is 0. The standard InChI is InChI=1S/C22H25N3O4/c26-21(27)24-12-10-23(11-13-24)14-17-6-8-18(9-7-17)15-25-16-20(29-22(25)28)19-4-2-1-3-5-19/h1-9,20H,10-16H2,(H,26,27)/t20-/m0/s1. The minimum atomic E-state index is -0.844. The van der Waals surface area contributed by atoms with Crippen molar-refractivity contribution >= 4 is 12.2 Å². The summed E-state index contributed by atoms with van der Waals surface area (Å²) in [5.41, 5.74) is 3.26. The largest absolute Gasteiger partial charge is 0.465 e. The number of carbonyl (C=O) groups is 2. The van der Waals surface area contributed by atoms with Crippen LogP contribution in [0.1, 0.15) is 22.8 Å². The van der Waals surface area contributed by atoms with Crippen molar-refractivity contribution in [2.45, 2.75) is 19.2 Å². The van der Waals surface area contributed by atoms with Crippen LogP contribution in [0, 0.1) is 0 Å². The molecule has 2 saturated heterocycles. The maximum absolute atomic E-state index is 12.2. The van der Waals surface area contributed by atoms with E-state index in [0.717, 1.165) is 30.8 Å². The Labute approximate surface area is 170 Å². The summed E-state index contributed by atoms with van der Waals surface area (Å²) in [6.07, 6.45) is -1.34. The third-order valence-corrected chi connectivity index (χ3v) is 5.50. The van der Waals surface area contributed by atoms with Crippen LogP contribution in [-0.4, -0.2) is 64.7 Å². The van der Waals surface area contributed by atoms with E-state index in [1.165, 1.54) is 10.5 Å². The molecule has 2 aromatic carbocycles. The van der Waals surface area contributed by atoms with Crippen LogP contribution < -0.4 is 0 Å². The van der Waals surface area contributed by atoms with E-state index < -0.39 is 6.09 Å². The second-order valence-electron chi connectivity index (χ2n) is 7.53. The Balaban J connectivity index is 1.30. The molecular weight excluding hydrogens is 370 g/mol. The van der Waals surface area contributed by atoms with Crippen LogP contribution in [0.3, 0.4) is 0 Å². The van der Waals surface area contributed by atoms with E-state index in [2.05, 4.69) is 17.0 Å². The molecule has 2 fully saturated rings. The van der Waals surface area contributed by atoms with Gasteiger partial charge in [-0.3, -0.25) is 9.80 Å². The Morgan fingerprint density at radius 2 is 1.55 bits per heavy atom. The highest BCUT2D eigenvalue weighted by atomic mass is 16.6. The van der Waals surface area contributed by atoms with Crippen LogP contribution in [0.4, 0.5) is 9.59 Å². The molecule has 4 rings (SSSR count). The summed E-state index contributed by atoms with van der Waals surface area (Å²) < 4.78 is 5.52. The fraction of sp³-hybridized carbons (Fsp3) is 0.364. The van der Waals surface area contributed by atoms with Crippen LogP contribution in [0.2, 0.25) is 0 Å². The number of carboxylic acid groups (broad SMARTS) is 1. The lowest BCUT2D eigenvalue weighted by atomic mass is 10.1. The van der Waals surface area contributed by atoms with Gasteiger partial charge in [-0.2, -0.15) is 0 Å². The maximum atomic E-state index is 12.2. The SMILES string of the molecule is O=C(O)N1CCN(Cc2ccc(CN3C[C@@H](c4ccccc4)OC3=O)cc2)CC1. The fourth-order valence-electron chi connectivity index (χ4n) is 3.80. The van der Waals surface area contributed by atoms with E-state index in [9.17, 15) is 9.59 Å². The lowest BCUT2D eigenvalue weighted by molar-refractivity contribution is 0.103. The van der Waals surface area contributed by atoms with Gasteiger partial charge in [-0.25, -0.2) is 9.59 Å². The second-order valence-corrected chi connectivity index (χ2v) is 7.53. The van der Waals surface area contributed by atoms with Crippen LogP contribution in [-0.2, 0) is 17.8 Å². The van der Waals surface area contributed by atoms with Crippen LogP contribution >= 0.6 is 0 Å². The normalized spacial score (nSPS) is 20.0. The average Bonchev–Trinajstić information content (AvgIpc) is 3.11. The average molecular weight is 395 g/mol. The zero-order valence-electron chi connectivity index (χ0n) is 16.2. The van der Waals surface area contributed by atoms with Gasteiger partial charge in [0.15, 0.2) is 0 Å². The molecule has 2 heterocycles. The first-order valence-electron chi connectivity index (χ1n) is 9.87. The Bertz CT molecular complexity index is 848. The first-order valence-corrected chi connectivity index (χ1v) is 9.87. The third-order valence-electron chi connectivity index (χ3n) is 5.50. The number of piperazine rings is 1. The molecule has 2 aliphatic rings. The molecule has 0 spiro atoms. The number of cyclic esters (lactones) is 1. The van der Waals surface area contributed by atoms with Crippen molar-refractivity contribution in [3.8, 4) is 0 Å². The van der Waals surface area contributed by atoms with E-state index >= 15 is 0 Å². The first-order chi connectivity index (χ1) is 14.1. The molecule has 0 aromatic heterocycles. The highest BCUT2D eigenvalue weighted by Gasteiger charge is 2.32. The van der Waals surface area contributed by atoms with Crippen LogP contribution in [0.15, 0.2) is 54.6 Å². The van der Waals surface area contributed by atoms with Crippen molar-refractivity contribution in [1.82, 2.24) is 14.7 Å². The monoisotopic (exact) mass is 395 g/mol. The second kappa shape index (κ2) is 8.53. The fourth-order valence-corrected chi connectivity index (χ4v) is 3.80. The number of hydrogen-bond acceptors (Lipinski definition) is 4. The smallest absolute Gasteiger partial charge is 0.410 e. The van der Waals surface area contributed by atoms with Gasteiger partial charge in [0.25, 0.3) is 0 Å². The van der Waals surface area contributed by atoms with Crippen LogP contribution in [0.5, 0.6) is 0 Å². The van der Waals surface area contributed by atoms with Gasteiger partial charge >= 0.3 is 12.2 Å². The predicted molar refractivity (Wildman–Crippen MR) is 107 cm³/mol. The summed E-state index contributed by atoms with van der Waals surface area (Å²) in [5.74, 6) is 0. The summed E-state index contributed by atoms with van der Waals surface area (Å²) in [5, 5.41) is 9.03. The van der Waals surface area contributed by atoms with Gasteiger partial charge < -0.3 is 14.7 Å². The number of nitrogens with zero attached hydrogens (tertiary/aromatic N) is 3. The summed E-state index contributed by atoms with van der Waals surface area (Å²) in [6, 6.07) is 18.1. The van der Waals surface area contributed by atoms with Crippen molar-refractivity contribution in [3.05, 3.63) is 71.3 Å². The maximum Gasteiger partial charge on any atom is 0.410 e. The summed E-state index contributed by atoms with van der Waals surface area (Å²) >= 11 is 0. The molecule has 2 aromatic rings. The molecule has 0 saturated carbocycles. The first kappa shape index (κ1) is 19.3. The van der Waals surface area contributed by atoms with Gasteiger partial charge in [0, 0.05) is 39.3 Å². The highest BCUT2D eigenvalue weighted by Crippen LogP contribution is 2.27. The predicted octanol–water partition coefficient (Wildman–Crippen LogP) is 3.18. The van der Waals surface area contributed by atoms with Gasteiger partial charge in [-0.05, 0) is 16.7 Å². The van der Waals surface area contributed by atoms with Crippen molar-refractivity contribution in [2.24, 2.45) is 0 Å². The highest BCUT2D eigenvalue weighted by molar-refractivity contribution is 5.70. The van der Waals surface area contributed by atoms with Crippen molar-refractivity contribution in [3.63, 3.8) is 0 Å². The number of benzene rings is 2. The molecule has 1 N–H and O–H groups in total. The van der Waals surface area contributed by atoms with Crippen molar-refractivity contribution < 1.29 is 19.4 Å². The number of carbonyl (C=O) groups excluding carboxylic acids is 1. The lowest BCUT2D eigenvalue weighted by Gasteiger charge is -2.33. The minimum Gasteiger partial charge on any atom is -0.465 e. The molecule has 29 heavy (non-hydrogen) atoms. The van der Waals surface area contributed by atoms with Gasteiger partial charge in [-0.15, -0.1) is 0 Å². The number of hydrogen-bond donors (Lipinski definition) is 1. The number of rotatable bonds is 5. The van der Waals surface area contributed by atoms with E-state index in [4.69, 9.17) is 9.84 Å². The van der Waals surface area contributed by atoms with E-state index in [0.29, 0.717) is 26.2 Å². The van der Waals surface area contributed by atoms with Crippen LogP contribution in [0.25, 0.3) is 0 Å². The van der Waals surface area contributed by atoms with E-state index in [1.54, 1.807) is 4.90 Å². The number of amides is 2. The van der Waals surface area contributed by atoms with Gasteiger partial charge in [0.1, 0.15) is 6.10 Å². The van der Waals surface area contributed by atoms with Gasteiger partial charge in [0.05, 0.1) is 6.54 Å². The molecule has 152 valence electrons. The summed E-state index contributed by atoms with van der Waals surface area (Å²) in [6.45, 7) is 4.47. The molecule has 0 unspecified atom stereocenters. The van der Waals surface area contributed by atoms with E-state index in [-0.39, 0.29) is 12.2 Å². The molecule has 2 aliphatic heterocycles. The Morgan fingerprint density at radius 1 is 0.931 bits per heavy atom. The quantitative estimate of drug-likeness (QED) is 0.842. The molecular formula is C22H25N3O4. The van der Waals surface area contributed by atoms with Gasteiger partial charge in [-0.1, -0.05) is 54.6 Å². The Hall–Kier alpha value is -3.06. The molecule has 2 amide bonds. The Morgan fingerprint density at radius 3 is 2.17 bits per heavy atom.